The normalized spacial score (nSPS) is 10.9. The number of hydrogen-bond acceptors (Lipinski definition) is 5. The molecule has 0 amide bonds. The van der Waals surface area contributed by atoms with E-state index in [0.717, 1.165) is 9.79 Å². The molecule has 0 saturated heterocycles. The number of anilines is 1. The Labute approximate surface area is 108 Å². The summed E-state index contributed by atoms with van der Waals surface area (Å²) in [5.74, 6) is 0. The zero-order valence-corrected chi connectivity index (χ0v) is 10.6. The second-order valence-electron chi connectivity index (χ2n) is 4.03. The predicted octanol–water partition coefficient (Wildman–Crippen LogP) is 3.26. The molecule has 90 valence electrons. The van der Waals surface area contributed by atoms with Crippen LogP contribution in [0.3, 0.4) is 0 Å². The van der Waals surface area contributed by atoms with Gasteiger partial charge in [0.15, 0.2) is 11.0 Å². The highest BCUT2D eigenvalue weighted by Gasteiger charge is 2.10. The van der Waals surface area contributed by atoms with Crippen molar-refractivity contribution in [2.24, 2.45) is 0 Å². The van der Waals surface area contributed by atoms with Crippen LogP contribution in [0.5, 0.6) is 0 Å². The van der Waals surface area contributed by atoms with Gasteiger partial charge in [-0.3, -0.25) is 0 Å². The molecular formula is C13H11N3OS. The minimum absolute atomic E-state index is 0.583. The molecule has 0 saturated carbocycles. The lowest BCUT2D eigenvalue weighted by Crippen LogP contribution is -1.87. The Morgan fingerprint density at radius 3 is 2.50 bits per heavy atom. The van der Waals surface area contributed by atoms with Crippen LogP contribution in [-0.2, 0) is 0 Å². The topological polar surface area (TPSA) is 64.9 Å². The van der Waals surface area contributed by atoms with Gasteiger partial charge in [0.05, 0.1) is 5.69 Å². The van der Waals surface area contributed by atoms with Crippen molar-refractivity contribution < 1.29 is 4.63 Å². The van der Waals surface area contributed by atoms with Crippen molar-refractivity contribution in [3.05, 3.63) is 42.0 Å². The highest BCUT2D eigenvalue weighted by Crippen LogP contribution is 2.34. The van der Waals surface area contributed by atoms with Gasteiger partial charge in [-0.05, 0) is 41.5 Å². The van der Waals surface area contributed by atoms with Crippen molar-refractivity contribution in [2.75, 3.05) is 5.73 Å². The number of nitrogens with zero attached hydrogens (tertiary/aromatic N) is 2. The average Bonchev–Trinajstić information content (AvgIpc) is 2.86. The van der Waals surface area contributed by atoms with Crippen LogP contribution in [0.4, 0.5) is 5.69 Å². The second-order valence-corrected chi connectivity index (χ2v) is 5.14. The van der Waals surface area contributed by atoms with Gasteiger partial charge in [0.25, 0.3) is 0 Å². The molecule has 0 aliphatic heterocycles. The second kappa shape index (κ2) is 4.34. The standard InChI is InChI=1S/C13H11N3OS/c1-8-2-4-9(5-3-8)18-11-7-6-10(14)12-13(11)16-17-15-12/h2-7H,14H2,1H3. The first-order chi connectivity index (χ1) is 8.74. The van der Waals surface area contributed by atoms with Crippen molar-refractivity contribution in [1.29, 1.82) is 0 Å². The number of aromatic nitrogens is 2. The van der Waals surface area contributed by atoms with Crippen LogP contribution < -0.4 is 5.73 Å². The number of nitrogens with two attached hydrogens (primary N) is 1. The van der Waals surface area contributed by atoms with Gasteiger partial charge in [-0.2, -0.15) is 0 Å². The first-order valence-corrected chi connectivity index (χ1v) is 6.31. The van der Waals surface area contributed by atoms with Crippen LogP contribution in [-0.4, -0.2) is 10.3 Å². The van der Waals surface area contributed by atoms with E-state index in [1.54, 1.807) is 11.8 Å². The zero-order chi connectivity index (χ0) is 12.5. The molecular weight excluding hydrogens is 246 g/mol. The fraction of sp³-hybridized carbons (Fsp3) is 0.0769. The van der Waals surface area contributed by atoms with E-state index < -0.39 is 0 Å². The molecule has 0 radical (unpaired) electrons. The predicted molar refractivity (Wildman–Crippen MR) is 71.5 cm³/mol. The van der Waals surface area contributed by atoms with Crippen molar-refractivity contribution in [1.82, 2.24) is 10.3 Å². The number of fused-ring (bicyclic) bond motifs is 1. The van der Waals surface area contributed by atoms with Gasteiger partial charge >= 0.3 is 0 Å². The van der Waals surface area contributed by atoms with Crippen molar-refractivity contribution >= 4 is 28.5 Å². The number of benzene rings is 2. The Kier molecular flexibility index (Phi) is 2.68. The van der Waals surface area contributed by atoms with Gasteiger partial charge < -0.3 is 5.73 Å². The van der Waals surface area contributed by atoms with Gasteiger partial charge in [0, 0.05) is 9.79 Å². The summed E-state index contributed by atoms with van der Waals surface area (Å²) in [7, 11) is 0. The van der Waals surface area contributed by atoms with E-state index >= 15 is 0 Å². The lowest BCUT2D eigenvalue weighted by molar-refractivity contribution is 0.315. The van der Waals surface area contributed by atoms with E-state index in [4.69, 9.17) is 10.4 Å². The molecule has 4 nitrogen and oxygen atoms in total. The molecule has 0 spiro atoms. The fourth-order valence-corrected chi connectivity index (χ4v) is 2.57. The Hall–Kier alpha value is -2.01. The zero-order valence-electron chi connectivity index (χ0n) is 9.75. The maximum atomic E-state index is 5.81. The molecule has 1 heterocycles. The summed E-state index contributed by atoms with van der Waals surface area (Å²) in [4.78, 5) is 2.14. The summed E-state index contributed by atoms with van der Waals surface area (Å²) < 4.78 is 4.75. The third kappa shape index (κ3) is 1.93. The van der Waals surface area contributed by atoms with E-state index in [9.17, 15) is 0 Å². The van der Waals surface area contributed by atoms with Gasteiger partial charge in [-0.25, -0.2) is 4.63 Å². The van der Waals surface area contributed by atoms with Crippen molar-refractivity contribution in [3.63, 3.8) is 0 Å². The minimum Gasteiger partial charge on any atom is -0.397 e. The highest BCUT2D eigenvalue weighted by molar-refractivity contribution is 7.99. The molecule has 1 aromatic heterocycles. The summed E-state index contributed by atoms with van der Waals surface area (Å²) in [6, 6.07) is 12.1. The van der Waals surface area contributed by atoms with Crippen LogP contribution in [0.1, 0.15) is 5.56 Å². The van der Waals surface area contributed by atoms with Crippen LogP contribution in [0, 0.1) is 6.92 Å². The molecule has 0 fully saturated rings. The van der Waals surface area contributed by atoms with Crippen molar-refractivity contribution in [3.8, 4) is 0 Å². The number of nitrogen functional groups attached to an aromatic ring is 1. The molecule has 0 unspecified atom stereocenters. The monoisotopic (exact) mass is 257 g/mol. The molecule has 3 aromatic rings. The molecule has 2 aromatic carbocycles. The van der Waals surface area contributed by atoms with Crippen molar-refractivity contribution in [2.45, 2.75) is 16.7 Å². The van der Waals surface area contributed by atoms with Crippen LogP contribution in [0.15, 0.2) is 50.8 Å². The molecule has 0 atom stereocenters. The molecule has 5 heteroatoms. The molecule has 3 rings (SSSR count). The summed E-state index contributed by atoms with van der Waals surface area (Å²) >= 11 is 1.62. The number of aryl methyl sites for hydroxylation is 1. The van der Waals surface area contributed by atoms with E-state index in [1.807, 2.05) is 12.1 Å². The maximum absolute atomic E-state index is 5.81. The smallest absolute Gasteiger partial charge is 0.159 e. The third-order valence-corrected chi connectivity index (χ3v) is 3.72. The highest BCUT2D eigenvalue weighted by atomic mass is 32.2. The third-order valence-electron chi connectivity index (χ3n) is 2.66. The van der Waals surface area contributed by atoms with E-state index in [-0.39, 0.29) is 0 Å². The van der Waals surface area contributed by atoms with E-state index in [1.165, 1.54) is 5.56 Å². The lowest BCUT2D eigenvalue weighted by Gasteiger charge is -2.03. The molecule has 0 aliphatic rings. The van der Waals surface area contributed by atoms with Gasteiger partial charge in [0.1, 0.15) is 0 Å². The molecule has 0 bridgehead atoms. The van der Waals surface area contributed by atoms with E-state index in [0.29, 0.717) is 16.7 Å². The Morgan fingerprint density at radius 2 is 1.72 bits per heavy atom. The first kappa shape index (κ1) is 11.1. The summed E-state index contributed by atoms with van der Waals surface area (Å²) in [6.45, 7) is 2.07. The molecule has 0 aliphatic carbocycles. The van der Waals surface area contributed by atoms with Crippen LogP contribution >= 0.6 is 11.8 Å². The summed E-state index contributed by atoms with van der Waals surface area (Å²) in [6.07, 6.45) is 0. The minimum atomic E-state index is 0.583. The van der Waals surface area contributed by atoms with Gasteiger partial charge in [0.2, 0.25) is 0 Å². The molecule has 18 heavy (non-hydrogen) atoms. The molecule has 2 N–H and O–H groups in total. The van der Waals surface area contributed by atoms with Crippen LogP contribution in [0.2, 0.25) is 0 Å². The Balaban J connectivity index is 2.02. The van der Waals surface area contributed by atoms with Gasteiger partial charge in [-0.15, -0.1) is 0 Å². The Bertz CT molecular complexity index is 691. The fourth-order valence-electron chi connectivity index (χ4n) is 1.68. The number of hydrogen-bond donors (Lipinski definition) is 1. The lowest BCUT2D eigenvalue weighted by atomic mass is 10.2. The largest absolute Gasteiger partial charge is 0.397 e. The van der Waals surface area contributed by atoms with E-state index in [2.05, 4.69) is 41.5 Å². The average molecular weight is 257 g/mol. The maximum Gasteiger partial charge on any atom is 0.159 e. The number of rotatable bonds is 2. The summed E-state index contributed by atoms with van der Waals surface area (Å²) in [5.41, 5.74) is 8.96. The van der Waals surface area contributed by atoms with Gasteiger partial charge in [-0.1, -0.05) is 29.5 Å². The SMILES string of the molecule is Cc1ccc(Sc2ccc(N)c3nonc23)cc1. The summed E-state index contributed by atoms with van der Waals surface area (Å²) in [5, 5.41) is 7.72. The quantitative estimate of drug-likeness (QED) is 0.714. The first-order valence-electron chi connectivity index (χ1n) is 5.49. The Morgan fingerprint density at radius 1 is 1.00 bits per heavy atom. The van der Waals surface area contributed by atoms with Crippen LogP contribution in [0.25, 0.3) is 11.0 Å².